The molecule has 0 saturated heterocycles. The van der Waals surface area contributed by atoms with Gasteiger partial charge in [-0.3, -0.25) is 4.79 Å². The fourth-order valence-corrected chi connectivity index (χ4v) is 3.66. The van der Waals surface area contributed by atoms with Gasteiger partial charge >= 0.3 is 6.18 Å². The topological polar surface area (TPSA) is 46.9 Å². The van der Waals surface area contributed by atoms with E-state index in [-0.39, 0.29) is 17.6 Å². The molecule has 0 radical (unpaired) electrons. The first-order chi connectivity index (χ1) is 14.2. The zero-order chi connectivity index (χ0) is 21.5. The summed E-state index contributed by atoms with van der Waals surface area (Å²) in [4.78, 5) is 12.7. The molecule has 1 aromatic heterocycles. The van der Waals surface area contributed by atoms with Crippen molar-refractivity contribution in [2.45, 2.75) is 31.4 Å². The minimum absolute atomic E-state index is 0.242. The van der Waals surface area contributed by atoms with Gasteiger partial charge in [-0.2, -0.15) is 18.3 Å². The van der Waals surface area contributed by atoms with E-state index in [9.17, 15) is 18.0 Å². The van der Waals surface area contributed by atoms with Gasteiger partial charge in [0.15, 0.2) is 5.69 Å². The molecule has 30 heavy (non-hydrogen) atoms. The van der Waals surface area contributed by atoms with E-state index in [1.165, 1.54) is 0 Å². The summed E-state index contributed by atoms with van der Waals surface area (Å²) < 4.78 is 42.2. The van der Waals surface area contributed by atoms with E-state index in [0.717, 1.165) is 34.8 Å². The van der Waals surface area contributed by atoms with Crippen LogP contribution < -0.4 is 5.32 Å². The van der Waals surface area contributed by atoms with Crippen molar-refractivity contribution in [1.29, 1.82) is 0 Å². The fourth-order valence-electron chi connectivity index (χ4n) is 3.54. The summed E-state index contributed by atoms with van der Waals surface area (Å²) in [6.45, 7) is 2.09. The van der Waals surface area contributed by atoms with Crippen molar-refractivity contribution in [3.63, 3.8) is 0 Å². The second-order valence-electron chi connectivity index (χ2n) is 7.62. The monoisotopic (exact) mass is 433 g/mol. The van der Waals surface area contributed by atoms with E-state index in [1.807, 2.05) is 19.1 Å². The minimum atomic E-state index is -4.73. The number of hydrogen-bond donors (Lipinski definition) is 1. The molecule has 1 N–H and O–H groups in total. The Morgan fingerprint density at radius 1 is 1.13 bits per heavy atom. The van der Waals surface area contributed by atoms with Gasteiger partial charge in [-0.1, -0.05) is 41.4 Å². The molecule has 0 bridgehead atoms. The molecule has 8 heteroatoms. The lowest BCUT2D eigenvalue weighted by molar-refractivity contribution is -0.143. The van der Waals surface area contributed by atoms with Crippen molar-refractivity contribution in [1.82, 2.24) is 15.1 Å². The van der Waals surface area contributed by atoms with Crippen molar-refractivity contribution in [2.24, 2.45) is 0 Å². The van der Waals surface area contributed by atoms with Crippen LogP contribution in [0.4, 0.5) is 13.2 Å². The molecule has 0 atom stereocenters. The van der Waals surface area contributed by atoms with Crippen LogP contribution in [0.5, 0.6) is 0 Å². The Kier molecular flexibility index (Phi) is 5.10. The van der Waals surface area contributed by atoms with E-state index in [2.05, 4.69) is 10.4 Å². The van der Waals surface area contributed by atoms with Crippen LogP contribution in [0.15, 0.2) is 54.7 Å². The number of aromatic nitrogens is 2. The maximum Gasteiger partial charge on any atom is 0.434 e. The average molecular weight is 434 g/mol. The van der Waals surface area contributed by atoms with E-state index in [1.54, 1.807) is 36.4 Å². The molecule has 156 valence electrons. The average Bonchev–Trinajstić information content (AvgIpc) is 3.35. The summed E-state index contributed by atoms with van der Waals surface area (Å²) in [6.07, 6.45) is -2.06. The predicted molar refractivity (Wildman–Crippen MR) is 108 cm³/mol. The molecule has 1 saturated carbocycles. The van der Waals surface area contributed by atoms with Gasteiger partial charge in [-0.05, 0) is 49.6 Å². The van der Waals surface area contributed by atoms with Crippen molar-refractivity contribution in [3.8, 4) is 5.69 Å². The highest BCUT2D eigenvalue weighted by atomic mass is 35.5. The smallest absolute Gasteiger partial charge is 0.351 e. The summed E-state index contributed by atoms with van der Waals surface area (Å²) in [5.74, 6) is -0.791. The molecule has 1 heterocycles. The number of nitrogens with zero attached hydrogens (tertiary/aromatic N) is 2. The van der Waals surface area contributed by atoms with Crippen molar-refractivity contribution >= 4 is 17.5 Å². The molecule has 4 nitrogen and oxygen atoms in total. The number of nitrogens with one attached hydrogen (secondary N) is 1. The second-order valence-corrected chi connectivity index (χ2v) is 8.06. The van der Waals surface area contributed by atoms with E-state index < -0.39 is 23.3 Å². The van der Waals surface area contributed by atoms with E-state index in [0.29, 0.717) is 5.02 Å². The third-order valence-corrected chi connectivity index (χ3v) is 5.71. The van der Waals surface area contributed by atoms with Crippen LogP contribution in [0, 0.1) is 6.92 Å². The molecular weight excluding hydrogens is 415 g/mol. The van der Waals surface area contributed by atoms with Gasteiger partial charge in [0.25, 0.3) is 5.91 Å². The summed E-state index contributed by atoms with van der Waals surface area (Å²) in [7, 11) is 0. The number of benzene rings is 2. The molecule has 4 rings (SSSR count). The Balaban J connectivity index is 1.58. The first-order valence-corrected chi connectivity index (χ1v) is 9.84. The normalized spacial score (nSPS) is 15.1. The standard InChI is InChI=1S/C22H19ClF3N3O/c1-14-2-8-17(9-3-14)29-19(22(24,25)26)18(12-28-29)20(30)27-13-21(10-11-21)15-4-6-16(23)7-5-15/h2-9,12H,10-11,13H2,1H3,(H,27,30). The van der Waals surface area contributed by atoms with Crippen molar-refractivity contribution in [2.75, 3.05) is 6.54 Å². The van der Waals surface area contributed by atoms with Crippen LogP contribution in [0.25, 0.3) is 5.69 Å². The first-order valence-electron chi connectivity index (χ1n) is 9.46. The van der Waals surface area contributed by atoms with Gasteiger partial charge < -0.3 is 5.32 Å². The maximum atomic E-state index is 13.8. The van der Waals surface area contributed by atoms with Crippen LogP contribution in [-0.2, 0) is 11.6 Å². The van der Waals surface area contributed by atoms with Gasteiger partial charge in [-0.25, -0.2) is 4.68 Å². The number of rotatable bonds is 5. The molecule has 2 aromatic carbocycles. The van der Waals surface area contributed by atoms with E-state index >= 15 is 0 Å². The van der Waals surface area contributed by atoms with E-state index in [4.69, 9.17) is 11.6 Å². The van der Waals surface area contributed by atoms with Gasteiger partial charge in [0.1, 0.15) is 0 Å². The lowest BCUT2D eigenvalue weighted by atomic mass is 9.96. The van der Waals surface area contributed by atoms with Crippen LogP contribution in [0.3, 0.4) is 0 Å². The molecule has 0 aliphatic heterocycles. The summed E-state index contributed by atoms with van der Waals surface area (Å²) >= 11 is 5.93. The Morgan fingerprint density at radius 2 is 1.77 bits per heavy atom. The lowest BCUT2D eigenvalue weighted by Gasteiger charge is -2.17. The Bertz CT molecular complexity index is 1070. The van der Waals surface area contributed by atoms with Gasteiger partial charge in [0.05, 0.1) is 17.4 Å². The van der Waals surface area contributed by atoms with Crippen molar-refractivity contribution in [3.05, 3.63) is 82.1 Å². The largest absolute Gasteiger partial charge is 0.434 e. The first kappa shape index (κ1) is 20.5. The summed E-state index contributed by atoms with van der Waals surface area (Å²) in [5, 5.41) is 7.14. The Labute approximate surface area is 176 Å². The van der Waals surface area contributed by atoms with Gasteiger partial charge in [0.2, 0.25) is 0 Å². The van der Waals surface area contributed by atoms with Crippen molar-refractivity contribution < 1.29 is 18.0 Å². The zero-order valence-corrected chi connectivity index (χ0v) is 16.9. The van der Waals surface area contributed by atoms with Crippen LogP contribution in [0.2, 0.25) is 5.02 Å². The number of aryl methyl sites for hydroxylation is 1. The number of hydrogen-bond acceptors (Lipinski definition) is 2. The molecule has 1 aliphatic rings. The zero-order valence-electron chi connectivity index (χ0n) is 16.1. The van der Waals surface area contributed by atoms with Crippen LogP contribution >= 0.6 is 11.6 Å². The highest BCUT2D eigenvalue weighted by molar-refractivity contribution is 6.30. The fraction of sp³-hybridized carbons (Fsp3) is 0.273. The molecule has 3 aromatic rings. The van der Waals surface area contributed by atoms with Crippen LogP contribution in [-0.4, -0.2) is 22.2 Å². The number of halogens is 4. The molecule has 0 unspecified atom stereocenters. The molecule has 1 amide bonds. The lowest BCUT2D eigenvalue weighted by Crippen LogP contribution is -2.33. The highest BCUT2D eigenvalue weighted by Gasteiger charge is 2.45. The predicted octanol–water partition coefficient (Wildman–Crippen LogP) is 5.31. The molecule has 1 fully saturated rings. The highest BCUT2D eigenvalue weighted by Crippen LogP contribution is 2.48. The number of carbonyl (C=O) groups excluding carboxylic acids is 1. The van der Waals surface area contributed by atoms with Crippen LogP contribution in [0.1, 0.15) is 40.0 Å². The summed E-state index contributed by atoms with van der Waals surface area (Å²) in [6, 6.07) is 13.8. The SMILES string of the molecule is Cc1ccc(-n2ncc(C(=O)NCC3(c4ccc(Cl)cc4)CC3)c2C(F)(F)F)cc1. The number of alkyl halides is 3. The summed E-state index contributed by atoms with van der Waals surface area (Å²) in [5.41, 5.74) is 0.334. The molecule has 1 aliphatic carbocycles. The Hall–Kier alpha value is -2.80. The second kappa shape index (κ2) is 7.47. The molecular formula is C22H19ClF3N3O. The Morgan fingerprint density at radius 3 is 2.33 bits per heavy atom. The number of amides is 1. The van der Waals surface area contributed by atoms with Gasteiger partial charge in [0, 0.05) is 17.0 Å². The third-order valence-electron chi connectivity index (χ3n) is 5.46. The third kappa shape index (κ3) is 3.94. The number of carbonyl (C=O) groups is 1. The molecule has 0 spiro atoms. The maximum absolute atomic E-state index is 13.8. The quantitative estimate of drug-likeness (QED) is 0.592. The van der Waals surface area contributed by atoms with Gasteiger partial charge in [-0.15, -0.1) is 0 Å². The minimum Gasteiger partial charge on any atom is -0.351 e.